The van der Waals surface area contributed by atoms with Gasteiger partial charge in [-0.25, -0.2) is 8.42 Å². The topological polar surface area (TPSA) is 95.6 Å². The van der Waals surface area contributed by atoms with Crippen molar-refractivity contribution in [1.82, 2.24) is 4.72 Å². The molecule has 0 amide bonds. The normalized spacial score (nSPS) is 15.7. The molecule has 22 heavy (non-hydrogen) atoms. The summed E-state index contributed by atoms with van der Waals surface area (Å²) in [5.74, 6) is 0. The second kappa shape index (κ2) is 6.05. The lowest BCUT2D eigenvalue weighted by Crippen LogP contribution is -2.36. The highest BCUT2D eigenvalue weighted by Crippen LogP contribution is 2.31. The molecule has 0 saturated carbocycles. The van der Waals surface area contributed by atoms with Crippen LogP contribution in [0, 0.1) is 0 Å². The van der Waals surface area contributed by atoms with Crippen LogP contribution < -0.4 is 13.7 Å². The van der Waals surface area contributed by atoms with Crippen LogP contribution in [0.3, 0.4) is 0 Å². The fourth-order valence-corrected chi connectivity index (χ4v) is 4.58. The summed E-state index contributed by atoms with van der Waals surface area (Å²) in [6.07, 6.45) is 2.60. The molecular weight excluding hydrogens is 326 g/mol. The first kappa shape index (κ1) is 17.0. The standard InChI is InChI=1S/C13H21N3O4S2/c1-10(2)14-22(19,20)15-12-6-7-13-11(9-12)5-4-8-16(13)21(3,17)18/h6-7,9-10,14-15H,4-5,8H2,1-3H3. The van der Waals surface area contributed by atoms with Gasteiger partial charge in [-0.3, -0.25) is 9.03 Å². The van der Waals surface area contributed by atoms with Crippen molar-refractivity contribution in [3.8, 4) is 0 Å². The Balaban J connectivity index is 2.29. The molecule has 1 aromatic carbocycles. The average Bonchev–Trinajstić information content (AvgIpc) is 2.34. The van der Waals surface area contributed by atoms with Crippen LogP contribution >= 0.6 is 0 Å². The first-order valence-electron chi connectivity index (χ1n) is 6.99. The van der Waals surface area contributed by atoms with Crippen molar-refractivity contribution in [2.75, 3.05) is 21.8 Å². The van der Waals surface area contributed by atoms with Crippen LogP contribution in [-0.4, -0.2) is 35.7 Å². The zero-order valence-corrected chi connectivity index (χ0v) is 14.5. The van der Waals surface area contributed by atoms with Crippen LogP contribution in [0.1, 0.15) is 25.8 Å². The maximum Gasteiger partial charge on any atom is 0.299 e. The lowest BCUT2D eigenvalue weighted by Gasteiger charge is -2.29. The van der Waals surface area contributed by atoms with Crippen LogP contribution in [0.5, 0.6) is 0 Å². The van der Waals surface area contributed by atoms with Gasteiger partial charge < -0.3 is 0 Å². The van der Waals surface area contributed by atoms with Crippen molar-refractivity contribution >= 4 is 31.6 Å². The van der Waals surface area contributed by atoms with Gasteiger partial charge in [0.15, 0.2) is 0 Å². The predicted octanol–water partition coefficient (Wildman–Crippen LogP) is 1.05. The summed E-state index contributed by atoms with van der Waals surface area (Å²) in [6.45, 7) is 3.91. The van der Waals surface area contributed by atoms with Gasteiger partial charge in [0.25, 0.3) is 10.2 Å². The van der Waals surface area contributed by atoms with Crippen molar-refractivity contribution in [1.29, 1.82) is 0 Å². The van der Waals surface area contributed by atoms with Gasteiger partial charge in [-0.1, -0.05) is 0 Å². The predicted molar refractivity (Wildman–Crippen MR) is 87.8 cm³/mol. The Hall–Kier alpha value is -1.32. The van der Waals surface area contributed by atoms with E-state index in [4.69, 9.17) is 0 Å². The SMILES string of the molecule is CC(C)NS(=O)(=O)Nc1ccc2c(c1)CCCN2S(C)(=O)=O. The van der Waals surface area contributed by atoms with Crippen LogP contribution in [0.15, 0.2) is 18.2 Å². The van der Waals surface area contributed by atoms with Crippen molar-refractivity contribution in [3.05, 3.63) is 23.8 Å². The first-order valence-corrected chi connectivity index (χ1v) is 10.3. The Morgan fingerprint density at radius 1 is 1.18 bits per heavy atom. The van der Waals surface area contributed by atoms with E-state index in [2.05, 4.69) is 9.44 Å². The molecule has 2 rings (SSSR count). The third kappa shape index (κ3) is 4.11. The Labute approximate surface area is 131 Å². The van der Waals surface area contributed by atoms with Crippen molar-refractivity contribution in [3.63, 3.8) is 0 Å². The number of fused-ring (bicyclic) bond motifs is 1. The highest BCUT2D eigenvalue weighted by molar-refractivity contribution is 7.92. The van der Waals surface area contributed by atoms with Gasteiger partial charge in [0.05, 0.1) is 17.6 Å². The van der Waals surface area contributed by atoms with Gasteiger partial charge in [-0.15, -0.1) is 0 Å². The van der Waals surface area contributed by atoms with Crippen molar-refractivity contribution in [2.45, 2.75) is 32.7 Å². The highest BCUT2D eigenvalue weighted by atomic mass is 32.2. The molecule has 0 unspecified atom stereocenters. The number of sulfonamides is 1. The number of benzene rings is 1. The molecule has 0 aliphatic carbocycles. The Morgan fingerprint density at radius 2 is 1.86 bits per heavy atom. The van der Waals surface area contributed by atoms with Gasteiger partial charge in [-0.05, 0) is 50.5 Å². The summed E-state index contributed by atoms with van der Waals surface area (Å²) in [6, 6.07) is 4.69. The number of nitrogens with one attached hydrogen (secondary N) is 2. The Bertz CT molecular complexity index is 757. The highest BCUT2D eigenvalue weighted by Gasteiger charge is 2.24. The summed E-state index contributed by atoms with van der Waals surface area (Å²) >= 11 is 0. The second-order valence-corrected chi connectivity index (χ2v) is 9.01. The second-order valence-electron chi connectivity index (χ2n) is 5.66. The summed E-state index contributed by atoms with van der Waals surface area (Å²) in [7, 11) is -6.96. The van der Waals surface area contributed by atoms with E-state index in [1.54, 1.807) is 32.0 Å². The van der Waals surface area contributed by atoms with Crippen LogP contribution in [0.25, 0.3) is 0 Å². The number of hydrogen-bond acceptors (Lipinski definition) is 4. The zero-order chi connectivity index (χ0) is 16.5. The minimum absolute atomic E-state index is 0.212. The first-order chi connectivity index (χ1) is 10.1. The van der Waals surface area contributed by atoms with Crippen LogP contribution in [-0.2, 0) is 26.7 Å². The van der Waals surface area contributed by atoms with E-state index in [1.807, 2.05) is 0 Å². The molecule has 1 aromatic rings. The van der Waals surface area contributed by atoms with E-state index in [0.717, 1.165) is 5.56 Å². The average molecular weight is 347 g/mol. The van der Waals surface area contributed by atoms with E-state index in [1.165, 1.54) is 10.6 Å². The largest absolute Gasteiger partial charge is 0.299 e. The van der Waals surface area contributed by atoms with Gasteiger partial charge in [0.2, 0.25) is 10.0 Å². The molecule has 0 radical (unpaired) electrons. The molecule has 7 nitrogen and oxygen atoms in total. The fourth-order valence-electron chi connectivity index (χ4n) is 2.47. The lowest BCUT2D eigenvalue weighted by atomic mass is 10.0. The molecule has 1 aliphatic heterocycles. The monoisotopic (exact) mass is 347 g/mol. The minimum atomic E-state index is -3.63. The number of aryl methyl sites for hydroxylation is 1. The third-order valence-electron chi connectivity index (χ3n) is 3.20. The van der Waals surface area contributed by atoms with Gasteiger partial charge in [-0.2, -0.15) is 13.1 Å². The molecule has 0 aromatic heterocycles. The summed E-state index contributed by atoms with van der Waals surface area (Å²) in [5.41, 5.74) is 1.86. The molecule has 0 spiro atoms. The van der Waals surface area contributed by atoms with Crippen LogP contribution in [0.2, 0.25) is 0 Å². The van der Waals surface area contributed by atoms with E-state index in [9.17, 15) is 16.8 Å². The Morgan fingerprint density at radius 3 is 2.45 bits per heavy atom. The molecule has 0 fully saturated rings. The summed E-state index contributed by atoms with van der Waals surface area (Å²) in [5, 5.41) is 0. The molecule has 1 aliphatic rings. The molecule has 9 heteroatoms. The smallest absolute Gasteiger partial charge is 0.271 e. The minimum Gasteiger partial charge on any atom is -0.271 e. The van der Waals surface area contributed by atoms with Crippen LogP contribution in [0.4, 0.5) is 11.4 Å². The maximum absolute atomic E-state index is 11.9. The number of nitrogens with zero attached hydrogens (tertiary/aromatic N) is 1. The molecule has 2 N–H and O–H groups in total. The van der Waals surface area contributed by atoms with E-state index in [-0.39, 0.29) is 6.04 Å². The molecule has 0 atom stereocenters. The zero-order valence-electron chi connectivity index (χ0n) is 12.8. The van der Waals surface area contributed by atoms with Gasteiger partial charge in [0, 0.05) is 12.6 Å². The van der Waals surface area contributed by atoms with Crippen molar-refractivity contribution in [2.24, 2.45) is 0 Å². The van der Waals surface area contributed by atoms with E-state index < -0.39 is 20.2 Å². The molecular formula is C13H21N3O4S2. The van der Waals surface area contributed by atoms with E-state index in [0.29, 0.717) is 30.8 Å². The van der Waals surface area contributed by atoms with Crippen molar-refractivity contribution < 1.29 is 16.8 Å². The fraction of sp³-hybridized carbons (Fsp3) is 0.538. The number of anilines is 2. The molecule has 124 valence electrons. The molecule has 1 heterocycles. The molecule has 0 bridgehead atoms. The quantitative estimate of drug-likeness (QED) is 0.832. The Kier molecular flexibility index (Phi) is 4.69. The maximum atomic E-state index is 11.9. The molecule has 0 saturated heterocycles. The third-order valence-corrected chi connectivity index (χ3v) is 5.66. The van der Waals surface area contributed by atoms with Gasteiger partial charge in [0.1, 0.15) is 0 Å². The number of rotatable bonds is 5. The lowest BCUT2D eigenvalue weighted by molar-refractivity contribution is 0.575. The number of hydrogen-bond donors (Lipinski definition) is 2. The van der Waals surface area contributed by atoms with Gasteiger partial charge >= 0.3 is 0 Å². The van der Waals surface area contributed by atoms with E-state index >= 15 is 0 Å². The summed E-state index contributed by atoms with van der Waals surface area (Å²) in [4.78, 5) is 0. The summed E-state index contributed by atoms with van der Waals surface area (Å²) < 4.78 is 53.6.